The second kappa shape index (κ2) is 183. The van der Waals surface area contributed by atoms with Gasteiger partial charge in [-0.25, -0.2) is 0 Å². The second-order valence-electron chi connectivity index (χ2n) is 0.346. The minimum absolute atomic E-state index is 0. The van der Waals surface area contributed by atoms with Crippen LogP contribution in [-0.2, 0) is 0 Å². The molecule has 0 aliphatic heterocycles. The summed E-state index contributed by atoms with van der Waals surface area (Å²) in [5, 5.41) is 21.5. The Morgan fingerprint density at radius 3 is 0.389 bits per heavy atom. The zero-order valence-corrected chi connectivity index (χ0v) is 18.9. The fourth-order valence-corrected chi connectivity index (χ4v) is 0. The molecule has 0 aliphatic carbocycles. The van der Waals surface area contributed by atoms with Crippen LogP contribution in [0.3, 0.4) is 0 Å². The molecule has 0 aromatic rings. The van der Waals surface area contributed by atoms with Crippen LogP contribution < -0.4 is 118 Å². The minimum Gasteiger partial charge on any atom is -1.00 e. The molecule has 0 aliphatic rings. The summed E-state index contributed by atoms with van der Waals surface area (Å²) < 4.78 is 0. The van der Waals surface area contributed by atoms with E-state index in [4.69, 9.17) is 15.1 Å². The third kappa shape index (κ3) is 535. The molecule has 0 amide bonds. The second-order valence-corrected chi connectivity index (χ2v) is 0.346. The Balaban J connectivity index is -0.000000000294. The van der Waals surface area contributed by atoms with Gasteiger partial charge in [0.2, 0.25) is 0 Å². The van der Waals surface area contributed by atoms with E-state index in [1.54, 1.807) is 0 Å². The van der Waals surface area contributed by atoms with Gasteiger partial charge in [0.1, 0.15) is 0 Å². The number of rotatable bonds is 0. The monoisotopic (exact) mass is 338 g/mol. The largest absolute Gasteiger partial charge is 1.00 e. The maximum absolute atomic E-state index is 7.17. The molecule has 0 heterocycles. The zero-order chi connectivity index (χ0) is 3.58. The molecular formula is H27BNa4O13. The van der Waals surface area contributed by atoms with Crippen LogP contribution in [0.2, 0.25) is 0 Å². The van der Waals surface area contributed by atoms with Crippen molar-refractivity contribution in [3.05, 3.63) is 0 Å². The third-order valence-electron chi connectivity index (χ3n) is 0. The van der Waals surface area contributed by atoms with E-state index in [1.807, 2.05) is 0 Å². The molecule has 112 valence electrons. The summed E-state index contributed by atoms with van der Waals surface area (Å²) in [6.07, 6.45) is 0. The van der Waals surface area contributed by atoms with Crippen molar-refractivity contribution in [1.29, 1.82) is 0 Å². The van der Waals surface area contributed by atoms with Crippen LogP contribution >= 0.6 is 0 Å². The predicted molar refractivity (Wildman–Crippen MR) is 53.0 cm³/mol. The van der Waals surface area contributed by atoms with Gasteiger partial charge in [-0.15, -0.1) is 0 Å². The molecular weight excluding hydrogens is 311 g/mol. The van der Waals surface area contributed by atoms with Gasteiger partial charge in [0.25, 0.3) is 0 Å². The van der Waals surface area contributed by atoms with Gasteiger partial charge in [-0.3, -0.25) is 0 Å². The molecule has 18 heteroatoms. The van der Waals surface area contributed by atoms with Gasteiger partial charge in [-0.1, -0.05) is 0 Å². The topological polar surface area (TPSA) is 376 Å². The van der Waals surface area contributed by atoms with Crippen molar-refractivity contribution in [2.45, 2.75) is 0 Å². The maximum Gasteiger partial charge on any atom is 1.00 e. The van der Waals surface area contributed by atoms with Crippen LogP contribution in [0.25, 0.3) is 0 Å². The van der Waals surface area contributed by atoms with E-state index in [1.165, 1.54) is 0 Å². The molecule has 0 atom stereocenters. The van der Waals surface area contributed by atoms with Gasteiger partial charge in [-0.05, 0) is 0 Å². The Labute approximate surface area is 198 Å². The van der Waals surface area contributed by atoms with Crippen molar-refractivity contribution in [1.82, 2.24) is 0 Å². The summed E-state index contributed by atoms with van der Waals surface area (Å²) in [7, 11) is -2.17. The van der Waals surface area contributed by atoms with Crippen LogP contribution in [0.4, 0.5) is 0 Å². The Hall–Kier alpha value is 3.54. The van der Waals surface area contributed by atoms with Gasteiger partial charge in [0.15, 0.2) is 0 Å². The van der Waals surface area contributed by atoms with Gasteiger partial charge >= 0.3 is 126 Å². The van der Waals surface area contributed by atoms with E-state index in [0.29, 0.717) is 0 Å². The standard InChI is InChI=1S/BH3O3.4Na.10H2O.4H/c2-1(3)4;;;;;;;;;;;;;;;;;;/h2-4H;;;;;10*1H2;;;;/q;4*+1;;;;;;;;;;;4*-1. The smallest absolute Gasteiger partial charge is 1.00 e. The first-order valence-corrected chi connectivity index (χ1v) is 0.775. The predicted octanol–water partition coefficient (Wildman–Crippen LogP) is -21.8. The Morgan fingerprint density at radius 1 is 0.389 bits per heavy atom. The molecule has 23 N–H and O–H groups in total. The average molecular weight is 338 g/mol. The summed E-state index contributed by atoms with van der Waals surface area (Å²) in [5.74, 6) is 0. The first-order chi connectivity index (χ1) is 1.73. The molecule has 0 fully saturated rings. The van der Waals surface area contributed by atoms with Gasteiger partial charge in [0.05, 0.1) is 0 Å². The van der Waals surface area contributed by atoms with Gasteiger partial charge in [-0.2, -0.15) is 0 Å². The van der Waals surface area contributed by atoms with Crippen molar-refractivity contribution in [3.63, 3.8) is 0 Å². The number of hydrogen-bond donors (Lipinski definition) is 3. The molecule has 0 aromatic heterocycles. The van der Waals surface area contributed by atoms with Crippen LogP contribution in [0.1, 0.15) is 5.71 Å². The van der Waals surface area contributed by atoms with E-state index in [0.717, 1.165) is 0 Å². The van der Waals surface area contributed by atoms with Crippen LogP contribution in [0.5, 0.6) is 0 Å². The van der Waals surface area contributed by atoms with E-state index in [9.17, 15) is 0 Å². The van der Waals surface area contributed by atoms with E-state index in [2.05, 4.69) is 0 Å². The molecule has 0 unspecified atom stereocenters. The average Bonchev–Trinajstić information content (AvgIpc) is 0.811. The van der Waals surface area contributed by atoms with Gasteiger partial charge < -0.3 is 75.5 Å². The molecule has 0 saturated carbocycles. The van der Waals surface area contributed by atoms with E-state index < -0.39 is 7.32 Å². The van der Waals surface area contributed by atoms with Crippen molar-refractivity contribution in [3.8, 4) is 0 Å². The molecule has 0 saturated heterocycles. The first kappa shape index (κ1) is 212. The molecule has 13 nitrogen and oxygen atoms in total. The van der Waals surface area contributed by atoms with Crippen molar-refractivity contribution >= 4 is 7.32 Å². The molecule has 0 radical (unpaired) electrons. The van der Waals surface area contributed by atoms with Crippen molar-refractivity contribution in [2.75, 3.05) is 0 Å². The summed E-state index contributed by atoms with van der Waals surface area (Å²) in [4.78, 5) is 0. The quantitative estimate of drug-likeness (QED) is 0.362. The van der Waals surface area contributed by atoms with Crippen LogP contribution in [-0.4, -0.2) is 77.2 Å². The number of hydrogen-bond acceptors (Lipinski definition) is 3. The molecule has 0 bridgehead atoms. The molecule has 0 aromatic carbocycles. The van der Waals surface area contributed by atoms with Crippen LogP contribution in [0, 0.1) is 0 Å². The molecule has 18 heavy (non-hydrogen) atoms. The Kier molecular flexibility index (Phi) is 2160. The summed E-state index contributed by atoms with van der Waals surface area (Å²) in [6, 6.07) is 0. The van der Waals surface area contributed by atoms with E-state index in [-0.39, 0.29) is 179 Å². The maximum atomic E-state index is 7.17. The third-order valence-corrected chi connectivity index (χ3v) is 0. The van der Waals surface area contributed by atoms with Gasteiger partial charge in [0, 0.05) is 0 Å². The van der Waals surface area contributed by atoms with Crippen molar-refractivity contribution < 1.29 is 194 Å². The zero-order valence-electron chi connectivity index (χ0n) is 14.9. The Bertz CT molecular complexity index is 38.8. The minimum atomic E-state index is -2.17. The first-order valence-electron chi connectivity index (χ1n) is 0.775. The summed E-state index contributed by atoms with van der Waals surface area (Å²) in [6.45, 7) is 0. The van der Waals surface area contributed by atoms with E-state index >= 15 is 0 Å². The summed E-state index contributed by atoms with van der Waals surface area (Å²) in [5.41, 5.74) is 0. The fourth-order valence-electron chi connectivity index (χ4n) is 0. The fraction of sp³-hybridized carbons (Fsp3) is 0. The normalized spacial score (nSPS) is 1.50. The summed E-state index contributed by atoms with van der Waals surface area (Å²) >= 11 is 0. The molecule has 0 spiro atoms. The molecule has 0 rings (SSSR count). The SMILES string of the molecule is O.O.O.O.O.O.O.O.O.O.OB(O)O.[H-].[H-].[H-].[H-].[Na+].[Na+].[Na+].[Na+]. The van der Waals surface area contributed by atoms with Crippen LogP contribution in [0.15, 0.2) is 0 Å². The van der Waals surface area contributed by atoms with Crippen molar-refractivity contribution in [2.24, 2.45) is 0 Å². The Morgan fingerprint density at radius 2 is 0.389 bits per heavy atom.